The van der Waals surface area contributed by atoms with Crippen molar-refractivity contribution in [2.75, 3.05) is 23.3 Å². The van der Waals surface area contributed by atoms with E-state index >= 15 is 0 Å². The summed E-state index contributed by atoms with van der Waals surface area (Å²) in [5.74, 6) is -1.24. The molecule has 0 bridgehead atoms. The van der Waals surface area contributed by atoms with Crippen LogP contribution in [-0.4, -0.2) is 33.8 Å². The number of ether oxygens (including phenoxy) is 1. The highest BCUT2D eigenvalue weighted by Crippen LogP contribution is 2.46. The van der Waals surface area contributed by atoms with E-state index < -0.39 is 33.8 Å². The van der Waals surface area contributed by atoms with E-state index in [1.54, 1.807) is 24.3 Å². The fourth-order valence-corrected chi connectivity index (χ4v) is 6.09. The van der Waals surface area contributed by atoms with Crippen molar-refractivity contribution in [2.45, 2.75) is 24.2 Å². The number of likely N-dealkylation sites (N-methyl/N-ethyl adjacent to an activating group) is 1. The maximum atomic E-state index is 12.9. The first-order chi connectivity index (χ1) is 17.4. The van der Waals surface area contributed by atoms with Gasteiger partial charge in [0.25, 0.3) is 10.0 Å². The zero-order chi connectivity index (χ0) is 27.0. The monoisotopic (exact) mass is 602 g/mol. The number of halogens is 2. The van der Waals surface area contributed by atoms with E-state index in [9.17, 15) is 18.0 Å². The number of sulfonamides is 1. The summed E-state index contributed by atoms with van der Waals surface area (Å²) in [6.07, 6.45) is 1.48. The summed E-state index contributed by atoms with van der Waals surface area (Å²) in [7, 11) is -2.21. The number of allylic oxidation sites excluding steroid dienone is 1. The van der Waals surface area contributed by atoms with Crippen LogP contribution in [0.1, 0.15) is 29.8 Å². The van der Waals surface area contributed by atoms with E-state index in [4.69, 9.17) is 16.3 Å². The van der Waals surface area contributed by atoms with Crippen LogP contribution in [0.25, 0.3) is 0 Å². The van der Waals surface area contributed by atoms with Crippen LogP contribution < -0.4 is 9.62 Å². The van der Waals surface area contributed by atoms with Gasteiger partial charge in [-0.05, 0) is 54.1 Å². The van der Waals surface area contributed by atoms with Crippen molar-refractivity contribution in [1.82, 2.24) is 0 Å². The molecule has 3 aromatic carbocycles. The number of ketones is 1. The molecule has 0 aliphatic carbocycles. The number of hydrogen-bond acceptors (Lipinski definition) is 6. The second-order valence-corrected chi connectivity index (χ2v) is 12.0. The van der Waals surface area contributed by atoms with Gasteiger partial charge in [-0.2, -0.15) is 0 Å². The first kappa shape index (κ1) is 26.9. The minimum Gasteiger partial charge on any atom is -0.454 e. The Labute approximate surface area is 229 Å². The number of anilines is 2. The lowest BCUT2D eigenvalue weighted by Crippen LogP contribution is -2.25. The number of hydrogen-bond donors (Lipinski definition) is 1. The van der Waals surface area contributed by atoms with Gasteiger partial charge in [0, 0.05) is 40.1 Å². The van der Waals surface area contributed by atoms with E-state index in [-0.39, 0.29) is 15.5 Å². The zero-order valence-electron chi connectivity index (χ0n) is 20.3. The van der Waals surface area contributed by atoms with Gasteiger partial charge < -0.3 is 9.64 Å². The summed E-state index contributed by atoms with van der Waals surface area (Å²) in [5, 5.41) is -0.0620. The van der Waals surface area contributed by atoms with Crippen molar-refractivity contribution in [3.8, 4) is 0 Å². The average Bonchev–Trinajstić information content (AvgIpc) is 3.04. The minimum absolute atomic E-state index is 0.0493. The largest absolute Gasteiger partial charge is 0.454 e. The Kier molecular flexibility index (Phi) is 7.50. The fourth-order valence-electron chi connectivity index (χ4n) is 4.24. The molecule has 0 aromatic heterocycles. The van der Waals surface area contributed by atoms with Crippen LogP contribution in [0, 0.1) is 0 Å². The third-order valence-corrected chi connectivity index (χ3v) is 8.53. The number of esters is 1. The summed E-state index contributed by atoms with van der Waals surface area (Å²) < 4.78 is 34.2. The zero-order valence-corrected chi connectivity index (χ0v) is 23.4. The summed E-state index contributed by atoms with van der Waals surface area (Å²) in [6, 6.07) is 18.2. The fraction of sp³-hybridized carbons (Fsp3) is 0.185. The molecule has 10 heteroatoms. The molecular weight excluding hydrogens is 580 g/mol. The molecule has 192 valence electrons. The third kappa shape index (κ3) is 5.58. The maximum Gasteiger partial charge on any atom is 0.338 e. The molecule has 1 heterocycles. The molecule has 7 nitrogen and oxygen atoms in total. The molecule has 0 spiro atoms. The predicted octanol–water partition coefficient (Wildman–Crippen LogP) is 5.94. The van der Waals surface area contributed by atoms with Gasteiger partial charge in [-0.1, -0.05) is 59.6 Å². The van der Waals surface area contributed by atoms with Crippen molar-refractivity contribution in [1.29, 1.82) is 0 Å². The van der Waals surface area contributed by atoms with E-state index in [1.807, 2.05) is 50.1 Å². The summed E-state index contributed by atoms with van der Waals surface area (Å²) in [5.41, 5.74) is 2.77. The highest BCUT2D eigenvalue weighted by atomic mass is 79.9. The van der Waals surface area contributed by atoms with Gasteiger partial charge in [0.05, 0.1) is 10.6 Å². The van der Waals surface area contributed by atoms with E-state index in [0.717, 1.165) is 27.5 Å². The van der Waals surface area contributed by atoms with Crippen LogP contribution in [0.2, 0.25) is 5.02 Å². The normalized spacial score (nSPS) is 15.4. The van der Waals surface area contributed by atoms with Crippen molar-refractivity contribution < 1.29 is 22.7 Å². The molecule has 0 radical (unpaired) electrons. The highest BCUT2D eigenvalue weighted by molar-refractivity contribution is 9.10. The molecule has 4 rings (SSSR count). The average molecular weight is 604 g/mol. The van der Waals surface area contributed by atoms with Gasteiger partial charge in [-0.25, -0.2) is 13.2 Å². The Balaban J connectivity index is 1.47. The maximum absolute atomic E-state index is 12.9. The third-order valence-electron chi connectivity index (χ3n) is 6.14. The van der Waals surface area contributed by atoms with E-state index in [2.05, 4.69) is 20.7 Å². The molecule has 0 atom stereocenters. The number of rotatable bonds is 7. The van der Waals surface area contributed by atoms with Crippen molar-refractivity contribution >= 4 is 60.7 Å². The number of fused-ring (bicyclic) bond motifs is 1. The predicted molar refractivity (Wildman–Crippen MR) is 148 cm³/mol. The van der Waals surface area contributed by atoms with E-state index in [1.165, 1.54) is 18.2 Å². The minimum atomic E-state index is -4.09. The Bertz CT molecular complexity index is 1520. The van der Waals surface area contributed by atoms with Crippen LogP contribution in [-0.2, 0) is 25.0 Å². The highest BCUT2D eigenvalue weighted by Gasteiger charge is 2.38. The number of nitrogens with zero attached hydrogens (tertiary/aromatic N) is 1. The summed E-state index contributed by atoms with van der Waals surface area (Å²) in [6.45, 7) is 3.56. The molecule has 0 amide bonds. The van der Waals surface area contributed by atoms with Gasteiger partial charge >= 0.3 is 5.97 Å². The molecule has 0 saturated carbocycles. The van der Waals surface area contributed by atoms with Crippen LogP contribution in [0.5, 0.6) is 0 Å². The summed E-state index contributed by atoms with van der Waals surface area (Å²) >= 11 is 9.42. The number of para-hydroxylation sites is 1. The lowest BCUT2D eigenvalue weighted by Gasteiger charge is -2.23. The quantitative estimate of drug-likeness (QED) is 0.265. The SMILES string of the molecule is CN1C(=CC(=O)COC(=O)c2ccc(Cl)c(S(=O)(=O)Nc3ccc(Br)cc3)c2)C(C)(C)c2ccccc21. The van der Waals surface area contributed by atoms with Crippen molar-refractivity contribution in [3.05, 3.63) is 99.1 Å². The second-order valence-electron chi connectivity index (χ2n) is 9.03. The number of benzene rings is 3. The Hall–Kier alpha value is -3.14. The van der Waals surface area contributed by atoms with Crippen LogP contribution >= 0.6 is 27.5 Å². The number of nitrogens with one attached hydrogen (secondary N) is 1. The standard InChI is InChI=1S/C27H24BrClN2O5S/c1-27(2)21-6-4-5-7-23(21)31(3)25(27)15-20(32)16-36-26(33)17-8-13-22(29)24(14-17)37(34,35)30-19-11-9-18(28)10-12-19/h4-15,30H,16H2,1-3H3. The van der Waals surface area contributed by atoms with Crippen molar-refractivity contribution in [3.63, 3.8) is 0 Å². The Morgan fingerprint density at radius 2 is 1.76 bits per heavy atom. The van der Waals surface area contributed by atoms with Gasteiger partial charge in [0.1, 0.15) is 4.90 Å². The molecule has 1 aliphatic rings. The number of carbonyl (C=O) groups is 2. The topological polar surface area (TPSA) is 92.8 Å². The molecule has 1 aliphatic heterocycles. The van der Waals surface area contributed by atoms with Gasteiger partial charge in [0.2, 0.25) is 0 Å². The molecule has 0 fully saturated rings. The molecular formula is C27H24BrClN2O5S. The van der Waals surface area contributed by atoms with Crippen LogP contribution in [0.15, 0.2) is 87.9 Å². The van der Waals surface area contributed by atoms with Gasteiger partial charge in [-0.3, -0.25) is 9.52 Å². The molecule has 0 saturated heterocycles. The van der Waals surface area contributed by atoms with E-state index in [0.29, 0.717) is 5.69 Å². The van der Waals surface area contributed by atoms with Gasteiger partial charge in [-0.15, -0.1) is 0 Å². The molecule has 3 aromatic rings. The Morgan fingerprint density at radius 3 is 2.43 bits per heavy atom. The number of carbonyl (C=O) groups excluding carboxylic acids is 2. The lowest BCUT2D eigenvalue weighted by molar-refractivity contribution is -0.117. The lowest BCUT2D eigenvalue weighted by atomic mass is 9.83. The van der Waals surface area contributed by atoms with Crippen LogP contribution in [0.4, 0.5) is 11.4 Å². The first-order valence-electron chi connectivity index (χ1n) is 11.2. The molecule has 37 heavy (non-hydrogen) atoms. The van der Waals surface area contributed by atoms with Crippen LogP contribution in [0.3, 0.4) is 0 Å². The first-order valence-corrected chi connectivity index (χ1v) is 13.9. The van der Waals surface area contributed by atoms with Gasteiger partial charge in [0.15, 0.2) is 12.4 Å². The smallest absolute Gasteiger partial charge is 0.338 e. The second kappa shape index (κ2) is 10.3. The van der Waals surface area contributed by atoms with Crippen molar-refractivity contribution in [2.24, 2.45) is 0 Å². The summed E-state index contributed by atoms with van der Waals surface area (Å²) in [4.78, 5) is 27.1. The molecule has 0 unspecified atom stereocenters. The Morgan fingerprint density at radius 1 is 1.08 bits per heavy atom. The molecule has 1 N–H and O–H groups in total.